The van der Waals surface area contributed by atoms with Crippen LogP contribution in [0.5, 0.6) is 0 Å². The minimum atomic E-state index is -1.05. The summed E-state index contributed by atoms with van der Waals surface area (Å²) in [5.41, 5.74) is 9.36. The molecule has 5 nitrogen and oxygen atoms in total. The van der Waals surface area contributed by atoms with Gasteiger partial charge in [0.2, 0.25) is 5.91 Å². The summed E-state index contributed by atoms with van der Waals surface area (Å²) in [5, 5.41) is 3.57. The Morgan fingerprint density at radius 3 is 2.26 bits per heavy atom. The van der Waals surface area contributed by atoms with Crippen LogP contribution in [0.2, 0.25) is 30.1 Å². The Morgan fingerprint density at radius 1 is 0.833 bits per heavy atom. The summed E-state index contributed by atoms with van der Waals surface area (Å²) in [5.74, 6) is -1.07. The van der Waals surface area contributed by atoms with Crippen molar-refractivity contribution in [3.8, 4) is 0 Å². The Morgan fingerprint density at radius 2 is 1.50 bits per heavy atom. The highest BCUT2D eigenvalue weighted by atomic mass is 35.5. The van der Waals surface area contributed by atoms with Crippen molar-refractivity contribution in [2.45, 2.75) is 23.0 Å². The maximum atomic E-state index is 13.6. The summed E-state index contributed by atoms with van der Waals surface area (Å²) in [6.45, 7) is 0. The second-order valence-electron chi connectivity index (χ2n) is 9.36. The van der Waals surface area contributed by atoms with Gasteiger partial charge in [0.1, 0.15) is 0 Å². The summed E-state index contributed by atoms with van der Waals surface area (Å²) >= 11 is 39.6. The third kappa shape index (κ3) is 6.61. The number of nitrogens with two attached hydrogens (primary N) is 1. The molecule has 1 aliphatic heterocycles. The number of nitrogens with one attached hydrogen (secondary N) is 1. The lowest BCUT2D eigenvalue weighted by atomic mass is 9.99. The highest BCUT2D eigenvalue weighted by molar-refractivity contribution is 8.01. The minimum Gasteiger partial charge on any atom is -0.452 e. The zero-order valence-corrected chi connectivity index (χ0v) is 26.7. The topological polar surface area (TPSA) is 81.4 Å². The van der Waals surface area contributed by atoms with Gasteiger partial charge in [0, 0.05) is 32.5 Å². The summed E-state index contributed by atoms with van der Waals surface area (Å²) < 4.78 is 5.98. The fourth-order valence-corrected chi connectivity index (χ4v) is 7.28. The predicted octanol–water partition coefficient (Wildman–Crippen LogP) is 10.1. The number of benzene rings is 4. The molecule has 0 fully saturated rings. The number of nitrogen functional groups attached to an aromatic ring is 1. The number of ether oxygens (including phenoxy) is 1. The third-order valence-corrected chi connectivity index (χ3v) is 10.2. The average molecular weight is 701 g/mol. The van der Waals surface area contributed by atoms with Gasteiger partial charge in [-0.25, -0.2) is 0 Å². The number of amides is 1. The third-order valence-electron chi connectivity index (χ3n) is 6.61. The number of hydrogen-bond donors (Lipinski definition) is 2. The molecule has 3 unspecified atom stereocenters. The first-order valence-corrected chi connectivity index (χ1v) is 15.6. The number of halogens is 6. The van der Waals surface area contributed by atoms with Gasteiger partial charge >= 0.3 is 5.97 Å². The highest BCUT2D eigenvalue weighted by Crippen LogP contribution is 2.49. The summed E-state index contributed by atoms with van der Waals surface area (Å²) in [7, 11) is 0. The van der Waals surface area contributed by atoms with Crippen molar-refractivity contribution in [3.05, 3.63) is 125 Å². The number of fused-ring (bicyclic) bond motifs is 1. The molecule has 1 amide bonds. The van der Waals surface area contributed by atoms with Crippen LogP contribution in [0.15, 0.2) is 72.8 Å². The van der Waals surface area contributed by atoms with Gasteiger partial charge in [-0.15, -0.1) is 11.8 Å². The van der Waals surface area contributed by atoms with Crippen LogP contribution >= 0.6 is 81.4 Å². The van der Waals surface area contributed by atoms with Crippen molar-refractivity contribution < 1.29 is 14.3 Å². The molecule has 4 aromatic rings. The van der Waals surface area contributed by atoms with Gasteiger partial charge in [0.25, 0.3) is 0 Å². The summed E-state index contributed by atoms with van der Waals surface area (Å²) in [6, 6.07) is 20.2. The van der Waals surface area contributed by atoms with E-state index in [4.69, 9.17) is 80.1 Å². The fraction of sp³-hybridized carbons (Fsp3) is 0.133. The monoisotopic (exact) mass is 698 g/mol. The quantitative estimate of drug-likeness (QED) is 0.155. The lowest BCUT2D eigenvalue weighted by Crippen LogP contribution is -2.28. The van der Waals surface area contributed by atoms with Gasteiger partial charge in [-0.05, 0) is 59.7 Å². The molecular weight excluding hydrogens is 681 g/mol. The molecule has 0 saturated heterocycles. The van der Waals surface area contributed by atoms with Gasteiger partial charge in [0.05, 0.1) is 37.0 Å². The Balaban J connectivity index is 1.49. The zero-order valence-electron chi connectivity index (χ0n) is 21.3. The Kier molecular flexibility index (Phi) is 9.75. The first-order valence-electron chi connectivity index (χ1n) is 12.4. The number of carbonyl (C=O) groups is 2. The average Bonchev–Trinajstić information content (AvgIpc) is 3.08. The molecule has 216 valence electrons. The molecule has 5 rings (SSSR count). The molecule has 1 heterocycles. The Labute approximate surface area is 276 Å². The van der Waals surface area contributed by atoms with Crippen LogP contribution in [0.25, 0.3) is 0 Å². The van der Waals surface area contributed by atoms with Crippen molar-refractivity contribution in [2.75, 3.05) is 11.1 Å². The van der Waals surface area contributed by atoms with Crippen LogP contribution in [0.1, 0.15) is 40.0 Å². The van der Waals surface area contributed by atoms with Gasteiger partial charge < -0.3 is 15.8 Å². The van der Waals surface area contributed by atoms with E-state index in [0.717, 1.165) is 5.56 Å². The smallest absolute Gasteiger partial charge is 0.308 e. The minimum absolute atomic E-state index is 0.195. The van der Waals surface area contributed by atoms with E-state index in [1.54, 1.807) is 66.7 Å². The van der Waals surface area contributed by atoms with Crippen molar-refractivity contribution in [1.82, 2.24) is 0 Å². The van der Waals surface area contributed by atoms with E-state index >= 15 is 0 Å². The molecule has 3 atom stereocenters. The van der Waals surface area contributed by atoms with E-state index < -0.39 is 22.6 Å². The van der Waals surface area contributed by atoms with Crippen LogP contribution in [-0.2, 0) is 14.3 Å². The molecule has 0 saturated carbocycles. The largest absolute Gasteiger partial charge is 0.452 e. The van der Waals surface area contributed by atoms with Crippen LogP contribution in [-0.4, -0.2) is 17.1 Å². The van der Waals surface area contributed by atoms with Crippen LogP contribution in [0.3, 0.4) is 0 Å². The van der Waals surface area contributed by atoms with E-state index in [0.29, 0.717) is 48.2 Å². The SMILES string of the molecule is Nc1ccc(Cl)cc1C(OC(=O)CC1SC(c2cccc(Cl)c2Cl)c2cc(Cl)ccc2NC1=O)c1cccc(Cl)c1Cl. The predicted molar refractivity (Wildman–Crippen MR) is 175 cm³/mol. The van der Waals surface area contributed by atoms with E-state index in [2.05, 4.69) is 5.32 Å². The molecule has 0 bridgehead atoms. The highest BCUT2D eigenvalue weighted by Gasteiger charge is 2.36. The number of thioether (sulfide) groups is 1. The van der Waals surface area contributed by atoms with Crippen LogP contribution in [0, 0.1) is 0 Å². The molecule has 0 spiro atoms. The molecule has 3 N–H and O–H groups in total. The zero-order chi connectivity index (χ0) is 30.1. The lowest BCUT2D eigenvalue weighted by Gasteiger charge is -2.24. The molecule has 0 radical (unpaired) electrons. The van der Waals surface area contributed by atoms with Crippen molar-refractivity contribution in [2.24, 2.45) is 0 Å². The van der Waals surface area contributed by atoms with Gasteiger partial charge in [-0.1, -0.05) is 93.9 Å². The summed E-state index contributed by atoms with van der Waals surface area (Å²) in [4.78, 5) is 27.0. The van der Waals surface area contributed by atoms with Gasteiger partial charge in [-0.2, -0.15) is 0 Å². The van der Waals surface area contributed by atoms with E-state index in [-0.39, 0.29) is 22.4 Å². The molecule has 12 heteroatoms. The first kappa shape index (κ1) is 31.1. The van der Waals surface area contributed by atoms with E-state index in [1.165, 1.54) is 11.8 Å². The Hall–Kier alpha value is -2.29. The second kappa shape index (κ2) is 13.1. The van der Waals surface area contributed by atoms with Crippen molar-refractivity contribution in [1.29, 1.82) is 0 Å². The number of hydrogen-bond acceptors (Lipinski definition) is 5. The number of esters is 1. The van der Waals surface area contributed by atoms with E-state index in [9.17, 15) is 9.59 Å². The molecule has 0 aliphatic carbocycles. The second-order valence-corrected chi connectivity index (χ2v) is 13.1. The van der Waals surface area contributed by atoms with Crippen molar-refractivity contribution >= 4 is 105 Å². The van der Waals surface area contributed by atoms with Gasteiger partial charge in [0.15, 0.2) is 6.10 Å². The molecule has 42 heavy (non-hydrogen) atoms. The van der Waals surface area contributed by atoms with Crippen molar-refractivity contribution in [3.63, 3.8) is 0 Å². The summed E-state index contributed by atoms with van der Waals surface area (Å²) in [6.07, 6.45) is -1.34. The van der Waals surface area contributed by atoms with Gasteiger partial charge in [-0.3, -0.25) is 9.59 Å². The number of carbonyl (C=O) groups excluding carboxylic acids is 2. The maximum Gasteiger partial charge on any atom is 0.308 e. The molecule has 0 aromatic heterocycles. The van der Waals surface area contributed by atoms with Crippen LogP contribution in [0.4, 0.5) is 11.4 Å². The van der Waals surface area contributed by atoms with E-state index in [1.807, 2.05) is 6.07 Å². The number of rotatable bonds is 6. The molecular formula is C30H20Cl6N2O3S. The lowest BCUT2D eigenvalue weighted by molar-refractivity contribution is -0.148. The van der Waals surface area contributed by atoms with Crippen LogP contribution < -0.4 is 11.1 Å². The Bertz CT molecular complexity index is 1700. The normalized spacial score (nSPS) is 17.1. The maximum absolute atomic E-state index is 13.6. The fourth-order valence-electron chi connectivity index (χ4n) is 4.60. The number of anilines is 2. The molecule has 4 aromatic carbocycles. The first-order chi connectivity index (χ1) is 20.0. The molecule has 1 aliphatic rings. The standard InChI is InChI=1S/C30H20Cl6N2O3S/c31-14-7-9-22(37)18(11-14)28(16-3-1-5-20(33)26(16)35)41-25(39)13-24-30(40)38-23-10-8-15(32)12-19(23)29(42-24)17-4-2-6-21(34)27(17)36/h1-12,24,28-29H,13,37H2,(H,38,40).